The maximum atomic E-state index is 11.8. The molecule has 5 nitrogen and oxygen atoms in total. The van der Waals surface area contributed by atoms with Crippen LogP contribution in [0.5, 0.6) is 0 Å². The van der Waals surface area contributed by atoms with Crippen LogP contribution in [0.2, 0.25) is 0 Å². The second-order valence-electron chi connectivity index (χ2n) is 6.83. The second kappa shape index (κ2) is 9.78. The summed E-state index contributed by atoms with van der Waals surface area (Å²) in [5.74, 6) is 0.585. The molecule has 5 heteroatoms. The number of nitrogens with two attached hydrogens (primary N) is 1. The van der Waals surface area contributed by atoms with Gasteiger partial charge in [0.25, 0.3) is 5.56 Å². The van der Waals surface area contributed by atoms with E-state index in [-0.39, 0.29) is 5.56 Å². The van der Waals surface area contributed by atoms with Crippen LogP contribution < -0.4 is 11.3 Å². The lowest BCUT2D eigenvalue weighted by Crippen LogP contribution is -2.17. The van der Waals surface area contributed by atoms with Gasteiger partial charge in [-0.2, -0.15) is 0 Å². The molecule has 3 N–H and O–H groups in total. The number of aromatic nitrogens is 2. The molecule has 28 heavy (non-hydrogen) atoms. The Morgan fingerprint density at radius 3 is 2.57 bits per heavy atom. The Labute approximate surface area is 165 Å². The molecule has 0 spiro atoms. The monoisotopic (exact) mass is 374 g/mol. The van der Waals surface area contributed by atoms with E-state index in [9.17, 15) is 4.79 Å². The second-order valence-corrected chi connectivity index (χ2v) is 6.83. The van der Waals surface area contributed by atoms with Gasteiger partial charge in [-0.15, -0.1) is 0 Å². The van der Waals surface area contributed by atoms with Crippen molar-refractivity contribution in [1.29, 1.82) is 0 Å². The molecule has 1 aromatic heterocycles. The highest BCUT2D eigenvalue weighted by atomic mass is 16.1. The Balaban J connectivity index is 1.61. The zero-order chi connectivity index (χ0) is 19.8. The Bertz CT molecular complexity index is 962. The Kier molecular flexibility index (Phi) is 6.89. The van der Waals surface area contributed by atoms with Crippen LogP contribution in [-0.2, 0) is 13.0 Å². The van der Waals surface area contributed by atoms with Crippen molar-refractivity contribution in [2.45, 2.75) is 13.0 Å². The molecular weight excluding hydrogens is 348 g/mol. The molecule has 0 aliphatic rings. The van der Waals surface area contributed by atoms with Gasteiger partial charge >= 0.3 is 0 Å². The molecule has 144 valence electrons. The molecule has 0 fully saturated rings. The summed E-state index contributed by atoms with van der Waals surface area (Å²) in [7, 11) is 2.10. The molecule has 0 unspecified atom stereocenters. The van der Waals surface area contributed by atoms with Gasteiger partial charge < -0.3 is 10.7 Å². The lowest BCUT2D eigenvalue weighted by molar-refractivity contribution is 0.364. The molecule has 1 heterocycles. The van der Waals surface area contributed by atoms with Crippen molar-refractivity contribution >= 4 is 6.08 Å². The molecule has 3 aromatic rings. The van der Waals surface area contributed by atoms with E-state index in [4.69, 9.17) is 5.73 Å². The molecule has 0 aliphatic heterocycles. The number of aromatic amines is 1. The first-order chi connectivity index (χ1) is 13.6. The zero-order valence-corrected chi connectivity index (χ0v) is 16.1. The summed E-state index contributed by atoms with van der Waals surface area (Å²) in [4.78, 5) is 21.4. The topological polar surface area (TPSA) is 75.0 Å². The summed E-state index contributed by atoms with van der Waals surface area (Å²) in [6, 6.07) is 19.9. The van der Waals surface area contributed by atoms with Crippen LogP contribution in [0.15, 0.2) is 71.5 Å². The summed E-state index contributed by atoms with van der Waals surface area (Å²) >= 11 is 0. The summed E-state index contributed by atoms with van der Waals surface area (Å²) in [6.45, 7) is 2.18. The maximum Gasteiger partial charge on any atom is 0.251 e. The minimum atomic E-state index is -0.150. The molecule has 2 aromatic carbocycles. The van der Waals surface area contributed by atoms with Crippen LogP contribution in [0.4, 0.5) is 0 Å². The smallest absolute Gasteiger partial charge is 0.251 e. The summed E-state index contributed by atoms with van der Waals surface area (Å²) in [6.07, 6.45) is 4.90. The predicted octanol–water partition coefficient (Wildman–Crippen LogP) is 3.08. The minimum absolute atomic E-state index is 0.150. The van der Waals surface area contributed by atoms with Gasteiger partial charge in [-0.05, 0) is 24.7 Å². The molecule has 0 amide bonds. The summed E-state index contributed by atoms with van der Waals surface area (Å²) in [5, 5.41) is 0. The fraction of sp³-hybridized carbons (Fsp3) is 0.217. The largest absolute Gasteiger partial charge is 0.330 e. The number of H-pyrrole nitrogens is 1. The van der Waals surface area contributed by atoms with E-state index in [1.54, 1.807) is 0 Å². The van der Waals surface area contributed by atoms with Crippen molar-refractivity contribution in [3.63, 3.8) is 0 Å². The molecular formula is C23H26N4O. The lowest BCUT2D eigenvalue weighted by atomic mass is 10.1. The van der Waals surface area contributed by atoms with Crippen LogP contribution in [0.1, 0.15) is 16.8 Å². The fourth-order valence-electron chi connectivity index (χ4n) is 3.00. The molecule has 0 bridgehead atoms. The van der Waals surface area contributed by atoms with Gasteiger partial charge in [0.15, 0.2) is 0 Å². The number of likely N-dealkylation sites (N-methyl/N-ethyl adjacent to an activating group) is 1. The highest BCUT2D eigenvalue weighted by molar-refractivity contribution is 5.55. The van der Waals surface area contributed by atoms with E-state index in [1.807, 2.05) is 30.3 Å². The molecule has 0 saturated carbocycles. The Hall–Kier alpha value is -3.02. The van der Waals surface area contributed by atoms with Crippen molar-refractivity contribution in [1.82, 2.24) is 14.9 Å². The third-order valence-corrected chi connectivity index (χ3v) is 4.40. The predicted molar refractivity (Wildman–Crippen MR) is 115 cm³/mol. The van der Waals surface area contributed by atoms with Crippen molar-refractivity contribution in [3.8, 4) is 11.4 Å². The van der Waals surface area contributed by atoms with Gasteiger partial charge in [-0.25, -0.2) is 4.98 Å². The third-order valence-electron chi connectivity index (χ3n) is 4.40. The average molecular weight is 374 g/mol. The van der Waals surface area contributed by atoms with E-state index in [1.165, 1.54) is 17.2 Å². The molecule has 0 atom stereocenters. The van der Waals surface area contributed by atoms with E-state index in [0.717, 1.165) is 24.3 Å². The van der Waals surface area contributed by atoms with E-state index >= 15 is 0 Å². The highest BCUT2D eigenvalue weighted by Gasteiger charge is 2.05. The number of nitrogens with zero attached hydrogens (tertiary/aromatic N) is 2. The molecule has 0 saturated heterocycles. The third kappa shape index (κ3) is 5.74. The SMILES string of the molecule is CN(C/C=C/c1ccccc1)Cc1ccc(-c2nc(CCN)cc(=O)[nH]2)cc1. The van der Waals surface area contributed by atoms with Gasteiger partial charge in [0, 0.05) is 36.8 Å². The summed E-state index contributed by atoms with van der Waals surface area (Å²) < 4.78 is 0. The van der Waals surface area contributed by atoms with Gasteiger partial charge in [-0.1, -0.05) is 66.7 Å². The van der Waals surface area contributed by atoms with E-state index < -0.39 is 0 Å². The Morgan fingerprint density at radius 2 is 1.86 bits per heavy atom. The lowest BCUT2D eigenvalue weighted by Gasteiger charge is -2.14. The van der Waals surface area contributed by atoms with Crippen molar-refractivity contribution < 1.29 is 0 Å². The highest BCUT2D eigenvalue weighted by Crippen LogP contribution is 2.16. The first-order valence-electron chi connectivity index (χ1n) is 9.44. The Morgan fingerprint density at radius 1 is 1.11 bits per heavy atom. The fourth-order valence-corrected chi connectivity index (χ4v) is 3.00. The van der Waals surface area contributed by atoms with Crippen LogP contribution in [0, 0.1) is 0 Å². The van der Waals surface area contributed by atoms with Crippen LogP contribution >= 0.6 is 0 Å². The normalized spacial score (nSPS) is 11.4. The number of rotatable bonds is 8. The number of hydrogen-bond donors (Lipinski definition) is 2. The first-order valence-corrected chi connectivity index (χ1v) is 9.44. The maximum absolute atomic E-state index is 11.8. The zero-order valence-electron chi connectivity index (χ0n) is 16.1. The van der Waals surface area contributed by atoms with Gasteiger partial charge in [-0.3, -0.25) is 9.69 Å². The molecule has 0 aliphatic carbocycles. The van der Waals surface area contributed by atoms with Gasteiger partial charge in [0.05, 0.1) is 0 Å². The van der Waals surface area contributed by atoms with Crippen LogP contribution in [0.25, 0.3) is 17.5 Å². The van der Waals surface area contributed by atoms with Crippen LogP contribution in [0.3, 0.4) is 0 Å². The first kappa shape index (κ1) is 19.7. The number of nitrogens with one attached hydrogen (secondary N) is 1. The van der Waals surface area contributed by atoms with E-state index in [2.05, 4.69) is 58.3 Å². The standard InChI is InChI=1S/C23H26N4O/c1-27(15-5-8-18-6-3-2-4-7-18)17-19-9-11-20(12-10-19)23-25-21(13-14-24)16-22(28)26-23/h2-12,16H,13-15,17,24H2,1H3,(H,25,26,28)/b8-5+. The van der Waals surface area contributed by atoms with Crippen molar-refractivity contribution in [2.24, 2.45) is 5.73 Å². The average Bonchev–Trinajstić information content (AvgIpc) is 2.69. The van der Waals surface area contributed by atoms with Crippen molar-refractivity contribution in [3.05, 3.63) is 93.9 Å². The van der Waals surface area contributed by atoms with E-state index in [0.29, 0.717) is 18.8 Å². The van der Waals surface area contributed by atoms with Gasteiger partial charge in [0.2, 0.25) is 0 Å². The number of hydrogen-bond acceptors (Lipinski definition) is 4. The minimum Gasteiger partial charge on any atom is -0.330 e. The quantitative estimate of drug-likeness (QED) is 0.635. The summed E-state index contributed by atoms with van der Waals surface area (Å²) in [5.41, 5.74) is 9.45. The van der Waals surface area contributed by atoms with Crippen molar-refractivity contribution in [2.75, 3.05) is 20.1 Å². The van der Waals surface area contributed by atoms with Gasteiger partial charge in [0.1, 0.15) is 5.82 Å². The van der Waals surface area contributed by atoms with Crippen LogP contribution in [-0.4, -0.2) is 35.0 Å². The molecule has 3 rings (SSSR count). The number of benzene rings is 2. The molecule has 0 radical (unpaired) electrons.